The van der Waals surface area contributed by atoms with E-state index in [1.54, 1.807) is 7.05 Å². The Morgan fingerprint density at radius 2 is 1.95 bits per heavy atom. The zero-order chi connectivity index (χ0) is 15.3. The SMILES string of the molecule is CN(C(=O)NCC(C)(O)CC(=O)O)C1CCCCC1O. The Hall–Kier alpha value is -1.34. The zero-order valence-electron chi connectivity index (χ0n) is 12.0. The maximum absolute atomic E-state index is 12.0. The van der Waals surface area contributed by atoms with Crippen LogP contribution in [0, 0.1) is 0 Å². The van der Waals surface area contributed by atoms with Crippen molar-refractivity contribution in [3.8, 4) is 0 Å². The van der Waals surface area contributed by atoms with E-state index in [0.29, 0.717) is 6.42 Å². The van der Waals surface area contributed by atoms with Gasteiger partial charge in [0, 0.05) is 13.6 Å². The highest BCUT2D eigenvalue weighted by Crippen LogP contribution is 2.22. The second-order valence-corrected chi connectivity index (χ2v) is 5.76. The molecule has 1 aliphatic rings. The molecular formula is C13H24N2O5. The number of aliphatic carboxylic acids is 1. The number of carboxylic acid groups (broad SMARTS) is 1. The molecule has 1 saturated carbocycles. The van der Waals surface area contributed by atoms with Crippen molar-refractivity contribution in [1.82, 2.24) is 10.2 Å². The molecule has 0 heterocycles. The molecular weight excluding hydrogens is 264 g/mol. The molecule has 3 unspecified atom stereocenters. The van der Waals surface area contributed by atoms with E-state index < -0.39 is 30.1 Å². The van der Waals surface area contributed by atoms with Gasteiger partial charge < -0.3 is 25.5 Å². The van der Waals surface area contributed by atoms with Gasteiger partial charge in [0.2, 0.25) is 0 Å². The molecule has 4 N–H and O–H groups in total. The smallest absolute Gasteiger partial charge is 0.317 e. The van der Waals surface area contributed by atoms with Gasteiger partial charge in [-0.25, -0.2) is 4.79 Å². The van der Waals surface area contributed by atoms with Gasteiger partial charge in [-0.15, -0.1) is 0 Å². The van der Waals surface area contributed by atoms with Gasteiger partial charge >= 0.3 is 12.0 Å². The quantitative estimate of drug-likeness (QED) is 0.576. The lowest BCUT2D eigenvalue weighted by Gasteiger charge is -2.35. The van der Waals surface area contributed by atoms with E-state index in [0.717, 1.165) is 19.3 Å². The topological polar surface area (TPSA) is 110 Å². The van der Waals surface area contributed by atoms with Gasteiger partial charge in [-0.3, -0.25) is 4.79 Å². The van der Waals surface area contributed by atoms with E-state index in [4.69, 9.17) is 5.11 Å². The molecule has 0 saturated heterocycles. The summed E-state index contributed by atoms with van der Waals surface area (Å²) in [4.78, 5) is 24.0. The van der Waals surface area contributed by atoms with Crippen LogP contribution in [0.15, 0.2) is 0 Å². The summed E-state index contributed by atoms with van der Waals surface area (Å²) < 4.78 is 0. The van der Waals surface area contributed by atoms with Gasteiger partial charge in [-0.2, -0.15) is 0 Å². The van der Waals surface area contributed by atoms with Crippen LogP contribution < -0.4 is 5.32 Å². The number of aliphatic hydroxyl groups excluding tert-OH is 1. The average Bonchev–Trinajstić information content (AvgIpc) is 2.34. The number of hydrogen-bond donors (Lipinski definition) is 4. The minimum atomic E-state index is -1.49. The Morgan fingerprint density at radius 1 is 1.35 bits per heavy atom. The highest BCUT2D eigenvalue weighted by Gasteiger charge is 2.31. The first-order chi connectivity index (χ1) is 9.23. The molecule has 0 bridgehead atoms. The molecule has 20 heavy (non-hydrogen) atoms. The number of amides is 2. The Bertz CT molecular complexity index is 359. The van der Waals surface area contributed by atoms with E-state index in [2.05, 4.69) is 5.32 Å². The van der Waals surface area contributed by atoms with Crippen LogP contribution in [0.5, 0.6) is 0 Å². The van der Waals surface area contributed by atoms with Gasteiger partial charge in [0.05, 0.1) is 24.2 Å². The Balaban J connectivity index is 2.47. The van der Waals surface area contributed by atoms with E-state index >= 15 is 0 Å². The van der Waals surface area contributed by atoms with Gasteiger partial charge in [0.1, 0.15) is 0 Å². The van der Waals surface area contributed by atoms with Gasteiger partial charge in [-0.05, 0) is 19.8 Å². The maximum atomic E-state index is 12.0. The number of carbonyl (C=O) groups is 2. The largest absolute Gasteiger partial charge is 0.481 e. The number of likely N-dealkylation sites (N-methyl/N-ethyl adjacent to an activating group) is 1. The summed E-state index contributed by atoms with van der Waals surface area (Å²) in [6.45, 7) is 1.21. The molecule has 1 fully saturated rings. The fourth-order valence-corrected chi connectivity index (χ4v) is 2.47. The predicted molar refractivity (Wildman–Crippen MR) is 72.3 cm³/mol. The minimum absolute atomic E-state index is 0.148. The van der Waals surface area contributed by atoms with Crippen LogP contribution in [0.3, 0.4) is 0 Å². The van der Waals surface area contributed by atoms with E-state index in [1.165, 1.54) is 11.8 Å². The minimum Gasteiger partial charge on any atom is -0.481 e. The molecule has 7 nitrogen and oxygen atoms in total. The van der Waals surface area contributed by atoms with E-state index in [9.17, 15) is 19.8 Å². The summed E-state index contributed by atoms with van der Waals surface area (Å²) >= 11 is 0. The first kappa shape index (κ1) is 16.7. The predicted octanol–water partition coefficient (Wildman–Crippen LogP) is 0.157. The van der Waals surface area contributed by atoms with Crippen LogP contribution in [0.25, 0.3) is 0 Å². The molecule has 7 heteroatoms. The van der Waals surface area contributed by atoms with Crippen molar-refractivity contribution >= 4 is 12.0 Å². The van der Waals surface area contributed by atoms with Crippen molar-refractivity contribution in [3.05, 3.63) is 0 Å². The number of nitrogens with one attached hydrogen (secondary N) is 1. The van der Waals surface area contributed by atoms with Gasteiger partial charge in [0.15, 0.2) is 0 Å². The third-order valence-corrected chi connectivity index (χ3v) is 3.66. The third kappa shape index (κ3) is 4.97. The van der Waals surface area contributed by atoms with Crippen LogP contribution in [0.4, 0.5) is 4.79 Å². The molecule has 3 atom stereocenters. The number of aliphatic hydroxyl groups is 2. The third-order valence-electron chi connectivity index (χ3n) is 3.66. The van der Waals surface area contributed by atoms with E-state index in [1.807, 2.05) is 0 Å². The molecule has 0 aromatic heterocycles. The monoisotopic (exact) mass is 288 g/mol. The maximum Gasteiger partial charge on any atom is 0.317 e. The van der Waals surface area contributed by atoms with E-state index in [-0.39, 0.29) is 12.6 Å². The van der Waals surface area contributed by atoms with Crippen molar-refractivity contribution in [3.63, 3.8) is 0 Å². The van der Waals surface area contributed by atoms with Gasteiger partial charge in [0.25, 0.3) is 0 Å². The van der Waals surface area contributed by atoms with Crippen molar-refractivity contribution in [2.45, 2.75) is 56.8 Å². The number of carbonyl (C=O) groups excluding carboxylic acids is 1. The number of urea groups is 1. The summed E-state index contributed by atoms with van der Waals surface area (Å²) in [5.74, 6) is -1.12. The molecule has 0 aromatic carbocycles. The lowest BCUT2D eigenvalue weighted by molar-refractivity contribution is -0.141. The highest BCUT2D eigenvalue weighted by molar-refractivity contribution is 5.74. The number of carboxylic acids is 1. The van der Waals surface area contributed by atoms with Crippen molar-refractivity contribution in [1.29, 1.82) is 0 Å². The lowest BCUT2D eigenvalue weighted by atomic mass is 9.92. The van der Waals surface area contributed by atoms with Crippen LogP contribution >= 0.6 is 0 Å². The Labute approximate surface area is 118 Å². The second kappa shape index (κ2) is 6.90. The lowest BCUT2D eigenvalue weighted by Crippen LogP contribution is -2.52. The van der Waals surface area contributed by atoms with Crippen molar-refractivity contribution < 1.29 is 24.9 Å². The molecule has 116 valence electrons. The normalized spacial score (nSPS) is 25.6. The van der Waals surface area contributed by atoms with Crippen LogP contribution in [-0.4, -0.2) is 63.6 Å². The average molecular weight is 288 g/mol. The number of rotatable bonds is 5. The summed E-state index contributed by atoms with van der Waals surface area (Å²) in [5, 5.41) is 30.9. The number of hydrogen-bond acceptors (Lipinski definition) is 4. The van der Waals surface area contributed by atoms with Crippen molar-refractivity contribution in [2.75, 3.05) is 13.6 Å². The highest BCUT2D eigenvalue weighted by atomic mass is 16.4. The first-order valence-corrected chi connectivity index (χ1v) is 6.86. The van der Waals surface area contributed by atoms with Crippen LogP contribution in [0.2, 0.25) is 0 Å². The summed E-state index contributed by atoms with van der Waals surface area (Å²) in [6.07, 6.45) is 2.38. The second-order valence-electron chi connectivity index (χ2n) is 5.76. The zero-order valence-corrected chi connectivity index (χ0v) is 12.0. The van der Waals surface area contributed by atoms with Crippen LogP contribution in [0.1, 0.15) is 39.0 Å². The fraction of sp³-hybridized carbons (Fsp3) is 0.846. The molecule has 0 radical (unpaired) electrons. The summed E-state index contributed by atoms with van der Waals surface area (Å²) in [7, 11) is 1.60. The fourth-order valence-electron chi connectivity index (χ4n) is 2.47. The molecule has 0 aromatic rings. The molecule has 2 amide bonds. The van der Waals surface area contributed by atoms with Crippen LogP contribution in [-0.2, 0) is 4.79 Å². The molecule has 0 spiro atoms. The molecule has 0 aliphatic heterocycles. The summed E-state index contributed by atoms with van der Waals surface area (Å²) in [5.41, 5.74) is -1.49. The summed E-state index contributed by atoms with van der Waals surface area (Å²) in [6, 6.07) is -0.644. The first-order valence-electron chi connectivity index (χ1n) is 6.86. The number of nitrogens with zero attached hydrogens (tertiary/aromatic N) is 1. The molecule has 1 rings (SSSR count). The van der Waals surface area contributed by atoms with Crippen molar-refractivity contribution in [2.24, 2.45) is 0 Å². The standard InChI is InChI=1S/C13H24N2O5/c1-13(20,7-11(17)18)8-14-12(19)15(2)9-5-3-4-6-10(9)16/h9-10,16,20H,3-8H2,1-2H3,(H,14,19)(H,17,18). The Morgan fingerprint density at radius 3 is 2.50 bits per heavy atom. The van der Waals surface area contributed by atoms with Gasteiger partial charge in [-0.1, -0.05) is 12.8 Å². The molecule has 1 aliphatic carbocycles. The Kier molecular flexibility index (Phi) is 5.76.